The fourth-order valence-electron chi connectivity index (χ4n) is 0.703. The summed E-state index contributed by atoms with van der Waals surface area (Å²) in [5.74, 6) is 0. The molecule has 1 aromatic heterocycles. The summed E-state index contributed by atoms with van der Waals surface area (Å²) in [6.07, 6.45) is -4.50. The molecule has 0 fully saturated rings. The Morgan fingerprint density at radius 3 is 2.46 bits per heavy atom. The molecule has 0 saturated carbocycles. The second kappa shape index (κ2) is 3.49. The van der Waals surface area contributed by atoms with Gasteiger partial charge in [-0.25, -0.2) is 4.98 Å². The Morgan fingerprint density at radius 1 is 1.38 bits per heavy atom. The Labute approximate surface area is 85.5 Å². The highest BCUT2D eigenvalue weighted by atomic mass is 127. The Morgan fingerprint density at radius 2 is 2.00 bits per heavy atom. The molecule has 0 N–H and O–H groups in total. The molecule has 0 aliphatic carbocycles. The van der Waals surface area contributed by atoms with Crippen LogP contribution >= 0.6 is 22.6 Å². The van der Waals surface area contributed by atoms with Crippen molar-refractivity contribution >= 4 is 22.6 Å². The molecule has 0 aliphatic rings. The van der Waals surface area contributed by atoms with Gasteiger partial charge in [0.15, 0.2) is 5.69 Å². The predicted octanol–water partition coefficient (Wildman–Crippen LogP) is 2.58. The molecule has 1 heterocycles. The van der Waals surface area contributed by atoms with E-state index in [1.807, 2.05) is 0 Å². The van der Waals surface area contributed by atoms with E-state index in [0.29, 0.717) is 0 Å². The minimum atomic E-state index is -4.50. The van der Waals surface area contributed by atoms with E-state index in [1.54, 1.807) is 6.07 Å². The van der Waals surface area contributed by atoms with Gasteiger partial charge in [-0.3, -0.25) is 0 Å². The highest BCUT2D eigenvalue weighted by Gasteiger charge is 2.35. The maximum Gasteiger partial charge on any atom is 0.434 e. The van der Waals surface area contributed by atoms with Gasteiger partial charge in [0.1, 0.15) is 11.8 Å². The summed E-state index contributed by atoms with van der Waals surface area (Å²) in [5.41, 5.74) is -1.24. The van der Waals surface area contributed by atoms with E-state index < -0.39 is 11.9 Å². The van der Waals surface area contributed by atoms with Crippen molar-refractivity contribution < 1.29 is 13.2 Å². The van der Waals surface area contributed by atoms with Crippen LogP contribution in [0.1, 0.15) is 11.4 Å². The van der Waals surface area contributed by atoms with Crippen LogP contribution < -0.4 is 0 Å². The molecule has 1 rings (SSSR count). The molecule has 0 spiro atoms. The zero-order valence-corrected chi connectivity index (χ0v) is 8.22. The molecule has 6 heteroatoms. The average molecular weight is 298 g/mol. The van der Waals surface area contributed by atoms with E-state index >= 15 is 0 Å². The molecule has 0 bridgehead atoms. The molecule has 0 aromatic carbocycles. The van der Waals surface area contributed by atoms with Crippen molar-refractivity contribution in [1.82, 2.24) is 4.98 Å². The standard InChI is InChI=1S/C7H2F3IN2/c8-7(9,10)6-5(11)2-1-4(3-12)13-6/h1-2H. The first-order valence-electron chi connectivity index (χ1n) is 3.09. The Kier molecular flexibility index (Phi) is 2.75. The predicted molar refractivity (Wildman–Crippen MR) is 46.7 cm³/mol. The van der Waals surface area contributed by atoms with Crippen LogP contribution in [0.3, 0.4) is 0 Å². The summed E-state index contributed by atoms with van der Waals surface area (Å²) in [4.78, 5) is 3.17. The smallest absolute Gasteiger partial charge is 0.231 e. The SMILES string of the molecule is N#Cc1ccc(I)c(C(F)(F)F)n1. The number of rotatable bonds is 0. The van der Waals surface area contributed by atoms with Crippen LogP contribution in [0.4, 0.5) is 13.2 Å². The van der Waals surface area contributed by atoms with Crippen LogP contribution in [0.2, 0.25) is 0 Å². The van der Waals surface area contributed by atoms with E-state index in [2.05, 4.69) is 4.98 Å². The maximum absolute atomic E-state index is 12.2. The lowest BCUT2D eigenvalue weighted by Gasteiger charge is -2.06. The molecule has 68 valence electrons. The van der Waals surface area contributed by atoms with E-state index in [1.165, 1.54) is 34.7 Å². The molecule has 0 unspecified atom stereocenters. The topological polar surface area (TPSA) is 36.7 Å². The minimum absolute atomic E-state index is 0.0101. The van der Waals surface area contributed by atoms with Crippen molar-refractivity contribution in [2.75, 3.05) is 0 Å². The van der Waals surface area contributed by atoms with Crippen LogP contribution in [0.25, 0.3) is 0 Å². The third kappa shape index (κ3) is 2.30. The van der Waals surface area contributed by atoms with Gasteiger partial charge in [-0.05, 0) is 34.7 Å². The van der Waals surface area contributed by atoms with Crippen LogP contribution in [0.5, 0.6) is 0 Å². The summed E-state index contributed by atoms with van der Waals surface area (Å²) in [6.45, 7) is 0. The van der Waals surface area contributed by atoms with Gasteiger partial charge in [-0.15, -0.1) is 0 Å². The number of halogens is 4. The molecule has 0 aliphatic heterocycles. The number of pyridine rings is 1. The molecule has 1 aromatic rings. The summed E-state index contributed by atoms with van der Waals surface area (Å²) in [7, 11) is 0. The van der Waals surface area contributed by atoms with Crippen LogP contribution in [-0.4, -0.2) is 4.98 Å². The molecule has 13 heavy (non-hydrogen) atoms. The second-order valence-electron chi connectivity index (χ2n) is 2.14. The summed E-state index contributed by atoms with van der Waals surface area (Å²) < 4.78 is 36.6. The van der Waals surface area contributed by atoms with Gasteiger partial charge >= 0.3 is 6.18 Å². The zero-order chi connectivity index (χ0) is 10.1. The lowest BCUT2D eigenvalue weighted by Crippen LogP contribution is -2.11. The minimum Gasteiger partial charge on any atom is -0.231 e. The first-order valence-corrected chi connectivity index (χ1v) is 4.17. The average Bonchev–Trinajstić information content (AvgIpc) is 2.03. The highest BCUT2D eigenvalue weighted by Crippen LogP contribution is 2.31. The van der Waals surface area contributed by atoms with Crippen LogP contribution in [-0.2, 0) is 6.18 Å². The van der Waals surface area contributed by atoms with Gasteiger partial charge in [0.2, 0.25) is 0 Å². The van der Waals surface area contributed by atoms with Crippen LogP contribution in [0.15, 0.2) is 12.1 Å². The number of aromatic nitrogens is 1. The second-order valence-corrected chi connectivity index (χ2v) is 3.30. The Hall–Kier alpha value is -0.840. The van der Waals surface area contributed by atoms with Crippen molar-refractivity contribution in [3.63, 3.8) is 0 Å². The lowest BCUT2D eigenvalue weighted by molar-refractivity contribution is -0.141. The van der Waals surface area contributed by atoms with Gasteiger partial charge in [0.05, 0.1) is 0 Å². The van der Waals surface area contributed by atoms with Gasteiger partial charge in [0, 0.05) is 3.57 Å². The van der Waals surface area contributed by atoms with Gasteiger partial charge in [-0.1, -0.05) is 0 Å². The molecule has 2 nitrogen and oxygen atoms in total. The quantitative estimate of drug-likeness (QED) is 0.690. The number of hydrogen-bond donors (Lipinski definition) is 0. The molecule has 0 amide bonds. The number of alkyl halides is 3. The lowest BCUT2D eigenvalue weighted by atomic mass is 10.3. The molecular formula is C7H2F3IN2. The molecule has 0 radical (unpaired) electrons. The first kappa shape index (κ1) is 10.2. The fourth-order valence-corrected chi connectivity index (χ4v) is 1.31. The molecular weight excluding hydrogens is 296 g/mol. The van der Waals surface area contributed by atoms with E-state index in [0.717, 1.165) is 0 Å². The first-order chi connectivity index (χ1) is 5.95. The Bertz CT molecular complexity index is 367. The maximum atomic E-state index is 12.2. The molecule has 0 atom stereocenters. The third-order valence-electron chi connectivity index (χ3n) is 1.23. The fraction of sp³-hybridized carbons (Fsp3) is 0.143. The normalized spacial score (nSPS) is 11.0. The monoisotopic (exact) mass is 298 g/mol. The zero-order valence-electron chi connectivity index (χ0n) is 6.06. The number of nitrogens with zero attached hydrogens (tertiary/aromatic N) is 2. The summed E-state index contributed by atoms with van der Waals surface area (Å²) in [6, 6.07) is 4.02. The Balaban J connectivity index is 3.29. The largest absolute Gasteiger partial charge is 0.434 e. The van der Waals surface area contributed by atoms with E-state index in [9.17, 15) is 13.2 Å². The van der Waals surface area contributed by atoms with Crippen molar-refractivity contribution in [3.05, 3.63) is 27.1 Å². The van der Waals surface area contributed by atoms with Gasteiger partial charge < -0.3 is 0 Å². The van der Waals surface area contributed by atoms with Crippen molar-refractivity contribution in [2.45, 2.75) is 6.18 Å². The van der Waals surface area contributed by atoms with Crippen molar-refractivity contribution in [1.29, 1.82) is 5.26 Å². The van der Waals surface area contributed by atoms with E-state index in [4.69, 9.17) is 5.26 Å². The number of hydrogen-bond acceptors (Lipinski definition) is 2. The van der Waals surface area contributed by atoms with Gasteiger partial charge in [0.25, 0.3) is 0 Å². The molecule has 0 saturated heterocycles. The van der Waals surface area contributed by atoms with Crippen LogP contribution in [0, 0.1) is 14.9 Å². The third-order valence-corrected chi connectivity index (χ3v) is 2.10. The summed E-state index contributed by atoms with van der Waals surface area (Å²) >= 11 is 1.53. The summed E-state index contributed by atoms with van der Waals surface area (Å²) in [5, 5.41) is 8.34. The van der Waals surface area contributed by atoms with Crippen molar-refractivity contribution in [2.24, 2.45) is 0 Å². The van der Waals surface area contributed by atoms with Crippen molar-refractivity contribution in [3.8, 4) is 6.07 Å². The highest BCUT2D eigenvalue weighted by molar-refractivity contribution is 14.1. The van der Waals surface area contributed by atoms with Gasteiger partial charge in [-0.2, -0.15) is 18.4 Å². The number of nitriles is 1. The van der Waals surface area contributed by atoms with E-state index in [-0.39, 0.29) is 9.26 Å².